The van der Waals surface area contributed by atoms with Crippen LogP contribution in [0.4, 0.5) is 5.69 Å². The number of nitrogens with one attached hydrogen (secondary N) is 1. The van der Waals surface area contributed by atoms with Crippen molar-refractivity contribution in [3.8, 4) is 0 Å². The van der Waals surface area contributed by atoms with Crippen LogP contribution in [0, 0.1) is 0 Å². The van der Waals surface area contributed by atoms with E-state index in [1.54, 1.807) is 16.4 Å². The summed E-state index contributed by atoms with van der Waals surface area (Å²) in [6, 6.07) is 13.1. The maximum Gasteiger partial charge on any atom is 0.243 e. The number of carbonyl (C=O) groups is 1. The number of hydrogen-bond acceptors (Lipinski definition) is 3. The Morgan fingerprint density at radius 1 is 0.929 bits per heavy atom. The van der Waals surface area contributed by atoms with Crippen molar-refractivity contribution in [3.63, 3.8) is 0 Å². The van der Waals surface area contributed by atoms with Crippen LogP contribution in [0.1, 0.15) is 42.4 Å². The van der Waals surface area contributed by atoms with Gasteiger partial charge in [-0.25, -0.2) is 8.42 Å². The van der Waals surface area contributed by atoms with Crippen LogP contribution >= 0.6 is 0 Å². The van der Waals surface area contributed by atoms with E-state index >= 15 is 0 Å². The molecule has 1 amide bonds. The summed E-state index contributed by atoms with van der Waals surface area (Å²) >= 11 is 0. The van der Waals surface area contributed by atoms with Crippen molar-refractivity contribution in [2.24, 2.45) is 0 Å². The Bertz CT molecular complexity index is 962. The maximum atomic E-state index is 12.6. The number of amides is 1. The summed E-state index contributed by atoms with van der Waals surface area (Å²) < 4.78 is 26.7. The van der Waals surface area contributed by atoms with Gasteiger partial charge in [-0.3, -0.25) is 4.79 Å². The highest BCUT2D eigenvalue weighted by molar-refractivity contribution is 7.89. The molecule has 1 heterocycles. The van der Waals surface area contributed by atoms with E-state index in [1.165, 1.54) is 17.5 Å². The van der Waals surface area contributed by atoms with Gasteiger partial charge < -0.3 is 5.32 Å². The smallest absolute Gasteiger partial charge is 0.243 e. The molecule has 0 spiro atoms. The van der Waals surface area contributed by atoms with Crippen molar-refractivity contribution >= 4 is 21.6 Å². The molecule has 1 aliphatic carbocycles. The molecule has 1 aliphatic heterocycles. The molecular formula is C22H26N2O3S. The van der Waals surface area contributed by atoms with Crippen molar-refractivity contribution in [3.05, 3.63) is 59.2 Å². The minimum absolute atomic E-state index is 0.0216. The molecule has 4 rings (SSSR count). The van der Waals surface area contributed by atoms with Gasteiger partial charge in [-0.05, 0) is 79.5 Å². The number of carbonyl (C=O) groups excluding carboxylic acids is 1. The Morgan fingerprint density at radius 2 is 1.64 bits per heavy atom. The number of benzene rings is 2. The van der Waals surface area contributed by atoms with E-state index in [-0.39, 0.29) is 5.91 Å². The molecule has 0 atom stereocenters. The number of hydrogen-bond donors (Lipinski definition) is 1. The monoisotopic (exact) mass is 398 g/mol. The van der Waals surface area contributed by atoms with E-state index in [0.29, 0.717) is 30.8 Å². The van der Waals surface area contributed by atoms with E-state index in [1.807, 2.05) is 18.2 Å². The Morgan fingerprint density at radius 3 is 2.39 bits per heavy atom. The van der Waals surface area contributed by atoms with E-state index in [2.05, 4.69) is 17.4 Å². The summed E-state index contributed by atoms with van der Waals surface area (Å²) in [6.07, 6.45) is 6.22. The van der Waals surface area contributed by atoms with Crippen LogP contribution in [0.25, 0.3) is 0 Å². The zero-order chi connectivity index (χ0) is 19.6. The van der Waals surface area contributed by atoms with Crippen LogP contribution < -0.4 is 5.32 Å². The Hall–Kier alpha value is -2.18. The lowest BCUT2D eigenvalue weighted by molar-refractivity contribution is -0.116. The molecule has 0 radical (unpaired) electrons. The second-order valence-corrected chi connectivity index (χ2v) is 9.58. The molecular weight excluding hydrogens is 372 g/mol. The van der Waals surface area contributed by atoms with Crippen molar-refractivity contribution in [2.75, 3.05) is 18.4 Å². The minimum Gasteiger partial charge on any atom is -0.326 e. The molecule has 6 heteroatoms. The molecule has 0 saturated carbocycles. The van der Waals surface area contributed by atoms with Gasteiger partial charge in [0.15, 0.2) is 0 Å². The fraction of sp³-hybridized carbons (Fsp3) is 0.409. The van der Waals surface area contributed by atoms with Crippen LogP contribution in [-0.4, -0.2) is 31.7 Å². The van der Waals surface area contributed by atoms with Gasteiger partial charge in [-0.1, -0.05) is 18.2 Å². The maximum absolute atomic E-state index is 12.6. The predicted octanol–water partition coefficient (Wildman–Crippen LogP) is 3.53. The fourth-order valence-electron chi connectivity index (χ4n) is 4.04. The summed E-state index contributed by atoms with van der Waals surface area (Å²) in [4.78, 5) is 12.6. The Kier molecular flexibility index (Phi) is 5.51. The number of fused-ring (bicyclic) bond motifs is 1. The first-order valence-electron chi connectivity index (χ1n) is 10.0. The predicted molar refractivity (Wildman–Crippen MR) is 110 cm³/mol. The zero-order valence-corrected chi connectivity index (χ0v) is 16.8. The summed E-state index contributed by atoms with van der Waals surface area (Å²) in [6.45, 7) is 1.21. The zero-order valence-electron chi connectivity index (χ0n) is 16.0. The average Bonchev–Trinajstić information content (AvgIpc) is 3.38. The van der Waals surface area contributed by atoms with Crippen LogP contribution in [0.15, 0.2) is 47.4 Å². The van der Waals surface area contributed by atoms with Gasteiger partial charge in [0.05, 0.1) is 4.90 Å². The third-order valence-corrected chi connectivity index (χ3v) is 7.56. The molecule has 0 aromatic heterocycles. The highest BCUT2D eigenvalue weighted by Gasteiger charge is 2.26. The molecule has 1 N–H and O–H groups in total. The molecule has 2 aromatic carbocycles. The molecule has 1 fully saturated rings. The third kappa shape index (κ3) is 4.13. The molecule has 5 nitrogen and oxygen atoms in total. The standard InChI is InChI=1S/C22H26N2O3S/c25-22(23-20-10-9-18-4-3-5-19(18)16-20)13-8-17-6-11-21(12-7-17)28(26,27)24-14-1-2-15-24/h6-7,9-12,16H,1-5,8,13-15H2,(H,23,25). The second kappa shape index (κ2) is 8.05. The molecule has 1 saturated heterocycles. The first-order valence-corrected chi connectivity index (χ1v) is 11.5. The molecule has 2 aliphatic rings. The summed E-state index contributed by atoms with van der Waals surface area (Å²) in [7, 11) is -3.38. The molecule has 148 valence electrons. The molecule has 0 bridgehead atoms. The first kappa shape index (κ1) is 19.2. The summed E-state index contributed by atoms with van der Waals surface area (Å²) in [5, 5.41) is 2.97. The molecule has 28 heavy (non-hydrogen) atoms. The molecule has 0 unspecified atom stereocenters. The highest BCUT2D eigenvalue weighted by atomic mass is 32.2. The van der Waals surface area contributed by atoms with Gasteiger partial charge >= 0.3 is 0 Å². The van der Waals surface area contributed by atoms with Crippen molar-refractivity contribution < 1.29 is 13.2 Å². The van der Waals surface area contributed by atoms with Gasteiger partial charge in [0.1, 0.15) is 0 Å². The normalized spacial score (nSPS) is 16.9. The van der Waals surface area contributed by atoms with Gasteiger partial charge in [-0.2, -0.15) is 4.31 Å². The number of nitrogens with zero attached hydrogens (tertiary/aromatic N) is 1. The molecule has 2 aromatic rings. The van der Waals surface area contributed by atoms with Crippen LogP contribution in [-0.2, 0) is 34.1 Å². The van der Waals surface area contributed by atoms with E-state index < -0.39 is 10.0 Å². The van der Waals surface area contributed by atoms with Crippen molar-refractivity contribution in [1.29, 1.82) is 0 Å². The minimum atomic E-state index is -3.38. The van der Waals surface area contributed by atoms with Crippen molar-refractivity contribution in [2.45, 2.75) is 49.8 Å². The highest BCUT2D eigenvalue weighted by Crippen LogP contribution is 2.25. The van der Waals surface area contributed by atoms with Gasteiger partial charge in [0, 0.05) is 25.2 Å². The van der Waals surface area contributed by atoms with Gasteiger partial charge in [0.25, 0.3) is 0 Å². The van der Waals surface area contributed by atoms with Gasteiger partial charge in [0.2, 0.25) is 15.9 Å². The summed E-state index contributed by atoms with van der Waals surface area (Å²) in [5.74, 6) is -0.0216. The fourth-order valence-corrected chi connectivity index (χ4v) is 5.55. The van der Waals surface area contributed by atoms with Crippen LogP contribution in [0.5, 0.6) is 0 Å². The SMILES string of the molecule is O=C(CCc1ccc(S(=O)(=O)N2CCCC2)cc1)Nc1ccc2c(c1)CCC2. The largest absolute Gasteiger partial charge is 0.326 e. The lowest BCUT2D eigenvalue weighted by atomic mass is 10.1. The number of anilines is 1. The van der Waals surface area contributed by atoms with E-state index in [9.17, 15) is 13.2 Å². The summed E-state index contributed by atoms with van der Waals surface area (Å²) in [5.41, 5.74) is 4.55. The second-order valence-electron chi connectivity index (χ2n) is 7.64. The lowest BCUT2D eigenvalue weighted by Crippen LogP contribution is -2.27. The Labute approximate surface area is 166 Å². The van der Waals surface area contributed by atoms with Gasteiger partial charge in [-0.15, -0.1) is 0 Å². The quantitative estimate of drug-likeness (QED) is 0.809. The van der Waals surface area contributed by atoms with Crippen molar-refractivity contribution in [1.82, 2.24) is 4.31 Å². The van der Waals surface area contributed by atoms with Crippen LogP contribution in [0.3, 0.4) is 0 Å². The lowest BCUT2D eigenvalue weighted by Gasteiger charge is -2.15. The first-order chi connectivity index (χ1) is 13.5. The Balaban J connectivity index is 1.33. The third-order valence-electron chi connectivity index (χ3n) is 5.65. The topological polar surface area (TPSA) is 66.5 Å². The number of aryl methyl sites for hydroxylation is 3. The van der Waals surface area contributed by atoms with E-state index in [0.717, 1.165) is 36.9 Å². The van der Waals surface area contributed by atoms with Crippen LogP contribution in [0.2, 0.25) is 0 Å². The average molecular weight is 399 g/mol. The number of rotatable bonds is 6. The number of sulfonamides is 1. The van der Waals surface area contributed by atoms with E-state index in [4.69, 9.17) is 0 Å².